The molecule has 2 atom stereocenters. The van der Waals surface area contributed by atoms with E-state index in [1.807, 2.05) is 19.1 Å². The highest BCUT2D eigenvalue weighted by atomic mass is 79.9. The number of nitrogens with zero attached hydrogens (tertiary/aromatic N) is 1. The second kappa shape index (κ2) is 8.31. The van der Waals surface area contributed by atoms with Gasteiger partial charge in [0.05, 0.1) is 0 Å². The van der Waals surface area contributed by atoms with Crippen LogP contribution in [0.2, 0.25) is 0 Å². The van der Waals surface area contributed by atoms with Crippen LogP contribution in [-0.4, -0.2) is 41.3 Å². The lowest BCUT2D eigenvalue weighted by Gasteiger charge is -2.18. The zero-order valence-corrected chi connectivity index (χ0v) is 16.1. The zero-order valence-electron chi connectivity index (χ0n) is 12.9. The summed E-state index contributed by atoms with van der Waals surface area (Å²) in [6.07, 6.45) is 1.84. The summed E-state index contributed by atoms with van der Waals surface area (Å²) in [6.45, 7) is 3.45. The van der Waals surface area contributed by atoms with Gasteiger partial charge in [-0.05, 0) is 43.0 Å². The van der Waals surface area contributed by atoms with Crippen LogP contribution in [0, 0.1) is 0 Å². The molecule has 0 bridgehead atoms. The Morgan fingerprint density at radius 3 is 3.00 bits per heavy atom. The molecule has 0 radical (unpaired) electrons. The number of carbonyl (C=O) groups excluding carboxylic acids is 1. The molecule has 2 unspecified atom stereocenters. The summed E-state index contributed by atoms with van der Waals surface area (Å²) in [5.41, 5.74) is 2.59. The molecule has 6 heteroatoms. The Labute approximate surface area is 148 Å². The van der Waals surface area contributed by atoms with Crippen molar-refractivity contribution in [2.45, 2.75) is 30.6 Å². The van der Waals surface area contributed by atoms with Crippen LogP contribution >= 0.6 is 31.9 Å². The van der Waals surface area contributed by atoms with Crippen LogP contribution in [0.25, 0.3) is 0 Å². The van der Waals surface area contributed by atoms with Gasteiger partial charge in [0.1, 0.15) is 5.75 Å². The SMILES string of the molecule is CCN(C)C(=O)Oc1ccc2c(c1)C(NCC(Br)CBr)CC2. The van der Waals surface area contributed by atoms with E-state index in [2.05, 4.69) is 43.2 Å². The van der Waals surface area contributed by atoms with Crippen LogP contribution in [-0.2, 0) is 6.42 Å². The van der Waals surface area contributed by atoms with Gasteiger partial charge in [0, 0.05) is 36.3 Å². The summed E-state index contributed by atoms with van der Waals surface area (Å²) < 4.78 is 5.43. The largest absolute Gasteiger partial charge is 0.414 e. The Morgan fingerprint density at radius 2 is 2.32 bits per heavy atom. The minimum absolute atomic E-state index is 0.315. The second-order valence-corrected chi connectivity index (χ2v) is 7.44. The lowest BCUT2D eigenvalue weighted by Crippen LogP contribution is -2.29. The zero-order chi connectivity index (χ0) is 16.1. The Balaban J connectivity index is 2.04. The minimum atomic E-state index is -0.315. The fourth-order valence-electron chi connectivity index (χ4n) is 2.49. The maximum Gasteiger partial charge on any atom is 0.414 e. The normalized spacial score (nSPS) is 17.9. The fourth-order valence-corrected chi connectivity index (χ4v) is 2.90. The van der Waals surface area contributed by atoms with E-state index in [0.29, 0.717) is 23.2 Å². The van der Waals surface area contributed by atoms with Gasteiger partial charge in [0.15, 0.2) is 0 Å². The van der Waals surface area contributed by atoms with Crippen molar-refractivity contribution >= 4 is 38.0 Å². The van der Waals surface area contributed by atoms with Crippen molar-refractivity contribution in [2.24, 2.45) is 0 Å². The van der Waals surface area contributed by atoms with Gasteiger partial charge >= 0.3 is 6.09 Å². The van der Waals surface area contributed by atoms with E-state index in [9.17, 15) is 4.79 Å². The molecular formula is C16H22Br2N2O2. The number of ether oxygens (including phenoxy) is 1. The highest BCUT2D eigenvalue weighted by Crippen LogP contribution is 2.34. The highest BCUT2D eigenvalue weighted by molar-refractivity contribution is 9.12. The average molecular weight is 434 g/mol. The van der Waals surface area contributed by atoms with Crippen LogP contribution < -0.4 is 10.1 Å². The van der Waals surface area contributed by atoms with Crippen LogP contribution in [0.5, 0.6) is 5.75 Å². The van der Waals surface area contributed by atoms with E-state index in [1.165, 1.54) is 11.1 Å². The summed E-state index contributed by atoms with van der Waals surface area (Å²) in [5.74, 6) is 0.619. The lowest BCUT2D eigenvalue weighted by molar-refractivity contribution is 0.165. The molecule has 1 aliphatic carbocycles. The molecule has 2 rings (SSSR count). The molecule has 22 heavy (non-hydrogen) atoms. The number of benzene rings is 1. The van der Waals surface area contributed by atoms with E-state index in [1.54, 1.807) is 11.9 Å². The minimum Gasteiger partial charge on any atom is -0.410 e. The maximum absolute atomic E-state index is 11.9. The molecule has 0 fully saturated rings. The summed E-state index contributed by atoms with van der Waals surface area (Å²) in [5, 5.41) is 4.49. The Kier molecular flexibility index (Phi) is 6.71. The number of alkyl halides is 2. The first kappa shape index (κ1) is 17.8. The molecule has 0 aliphatic heterocycles. The number of nitrogens with one attached hydrogen (secondary N) is 1. The molecule has 1 aromatic carbocycles. The molecule has 1 aromatic rings. The molecule has 0 aromatic heterocycles. The van der Waals surface area contributed by atoms with E-state index in [4.69, 9.17) is 4.74 Å². The Bertz CT molecular complexity index is 525. The highest BCUT2D eigenvalue weighted by Gasteiger charge is 2.23. The third-order valence-corrected chi connectivity index (χ3v) is 6.24. The van der Waals surface area contributed by atoms with Crippen LogP contribution in [0.1, 0.15) is 30.5 Å². The standard InChI is InChI=1S/C16H22Br2N2O2/c1-3-20(2)16(21)22-13-6-4-11-5-7-15(14(11)8-13)19-10-12(18)9-17/h4,6,8,12,15,19H,3,5,7,9-10H2,1-2H3. The van der Waals surface area contributed by atoms with E-state index in [0.717, 1.165) is 24.7 Å². The number of amides is 1. The summed E-state index contributed by atoms with van der Waals surface area (Å²) in [7, 11) is 1.73. The monoisotopic (exact) mass is 432 g/mol. The van der Waals surface area contributed by atoms with Gasteiger partial charge in [0.25, 0.3) is 0 Å². The molecule has 0 heterocycles. The second-order valence-electron chi connectivity index (χ2n) is 5.49. The van der Waals surface area contributed by atoms with Gasteiger partial charge in [-0.1, -0.05) is 37.9 Å². The van der Waals surface area contributed by atoms with E-state index < -0.39 is 0 Å². The molecule has 1 amide bonds. The van der Waals surface area contributed by atoms with Gasteiger partial charge in [-0.25, -0.2) is 4.79 Å². The number of carbonyl (C=O) groups is 1. The van der Waals surface area contributed by atoms with Crippen molar-refractivity contribution in [1.82, 2.24) is 10.2 Å². The fraction of sp³-hybridized carbons (Fsp3) is 0.562. The van der Waals surface area contributed by atoms with Crippen molar-refractivity contribution in [3.05, 3.63) is 29.3 Å². The molecular weight excluding hydrogens is 412 g/mol. The number of fused-ring (bicyclic) bond motifs is 1. The number of rotatable bonds is 6. The molecule has 1 aliphatic rings. The molecule has 4 nitrogen and oxygen atoms in total. The van der Waals surface area contributed by atoms with E-state index in [-0.39, 0.29) is 6.09 Å². The smallest absolute Gasteiger partial charge is 0.410 e. The molecule has 0 saturated carbocycles. The molecule has 122 valence electrons. The number of hydrogen-bond donors (Lipinski definition) is 1. The molecule has 0 spiro atoms. The third-order valence-electron chi connectivity index (χ3n) is 3.94. The molecule has 1 N–H and O–H groups in total. The number of aryl methyl sites for hydroxylation is 1. The van der Waals surface area contributed by atoms with Crippen LogP contribution in [0.4, 0.5) is 4.79 Å². The lowest BCUT2D eigenvalue weighted by atomic mass is 10.1. The number of halogens is 2. The van der Waals surface area contributed by atoms with Crippen molar-refractivity contribution in [3.63, 3.8) is 0 Å². The predicted molar refractivity (Wildman–Crippen MR) is 96.3 cm³/mol. The first-order valence-corrected chi connectivity index (χ1v) is 9.58. The summed E-state index contributed by atoms with van der Waals surface area (Å²) in [4.78, 5) is 13.8. The van der Waals surface area contributed by atoms with Gasteiger partial charge in [-0.2, -0.15) is 0 Å². The van der Waals surface area contributed by atoms with Crippen LogP contribution in [0.3, 0.4) is 0 Å². The maximum atomic E-state index is 11.9. The topological polar surface area (TPSA) is 41.6 Å². The average Bonchev–Trinajstić information content (AvgIpc) is 2.94. The van der Waals surface area contributed by atoms with Gasteiger partial charge in [-0.3, -0.25) is 0 Å². The number of hydrogen-bond acceptors (Lipinski definition) is 3. The van der Waals surface area contributed by atoms with Crippen LogP contribution in [0.15, 0.2) is 18.2 Å². The molecule has 0 saturated heterocycles. The van der Waals surface area contributed by atoms with Crippen molar-refractivity contribution in [3.8, 4) is 5.75 Å². The Hall–Kier alpha value is -0.590. The quantitative estimate of drug-likeness (QED) is 0.692. The predicted octanol–water partition coefficient (Wildman–Crippen LogP) is 3.87. The van der Waals surface area contributed by atoms with Gasteiger partial charge < -0.3 is 15.0 Å². The van der Waals surface area contributed by atoms with E-state index >= 15 is 0 Å². The van der Waals surface area contributed by atoms with Crippen molar-refractivity contribution in [2.75, 3.05) is 25.5 Å². The summed E-state index contributed by atoms with van der Waals surface area (Å²) in [6, 6.07) is 6.28. The first-order valence-electron chi connectivity index (χ1n) is 7.54. The first-order chi connectivity index (χ1) is 10.5. The van der Waals surface area contributed by atoms with Crippen molar-refractivity contribution < 1.29 is 9.53 Å². The van der Waals surface area contributed by atoms with Gasteiger partial charge in [-0.15, -0.1) is 0 Å². The third kappa shape index (κ3) is 4.46. The Morgan fingerprint density at radius 1 is 1.55 bits per heavy atom. The van der Waals surface area contributed by atoms with Crippen molar-refractivity contribution in [1.29, 1.82) is 0 Å². The van der Waals surface area contributed by atoms with Gasteiger partial charge in [0.2, 0.25) is 0 Å². The summed E-state index contributed by atoms with van der Waals surface area (Å²) >= 11 is 7.08.